The highest BCUT2D eigenvalue weighted by atomic mass is 32.2. The highest BCUT2D eigenvalue weighted by Crippen LogP contribution is 2.36. The quantitative estimate of drug-likeness (QED) is 0.394. The third kappa shape index (κ3) is 6.12. The summed E-state index contributed by atoms with van der Waals surface area (Å²) >= 11 is 1.21. The maximum Gasteiger partial charge on any atom is 0.256 e. The van der Waals surface area contributed by atoms with Crippen LogP contribution >= 0.6 is 11.8 Å². The SMILES string of the molecule is Cc1ccc(N=C2SC(C(=O)NC(C)c3ccccc3)C(N)=C2C(=O)NC(C)c2ccccc2)c(C)c1. The molecule has 0 aromatic heterocycles. The van der Waals surface area contributed by atoms with E-state index in [4.69, 9.17) is 10.7 Å². The van der Waals surface area contributed by atoms with Crippen molar-refractivity contribution in [2.75, 3.05) is 0 Å². The third-order valence-electron chi connectivity index (χ3n) is 6.36. The van der Waals surface area contributed by atoms with E-state index in [0.29, 0.717) is 5.04 Å². The summed E-state index contributed by atoms with van der Waals surface area (Å²) in [5.74, 6) is -0.609. The number of carbonyl (C=O) groups is 2. The summed E-state index contributed by atoms with van der Waals surface area (Å²) in [4.78, 5) is 31.6. The maximum atomic E-state index is 13.5. The zero-order valence-electron chi connectivity index (χ0n) is 21.5. The van der Waals surface area contributed by atoms with E-state index in [9.17, 15) is 9.59 Å². The van der Waals surface area contributed by atoms with Gasteiger partial charge in [-0.25, -0.2) is 4.99 Å². The highest BCUT2D eigenvalue weighted by molar-refractivity contribution is 8.16. The number of hydrogen-bond donors (Lipinski definition) is 3. The molecule has 3 atom stereocenters. The number of nitrogens with two attached hydrogens (primary N) is 1. The summed E-state index contributed by atoms with van der Waals surface area (Å²) in [6, 6.07) is 24.9. The molecule has 0 fully saturated rings. The second-order valence-corrected chi connectivity index (χ2v) is 10.4. The summed E-state index contributed by atoms with van der Waals surface area (Å²) in [6.07, 6.45) is 0. The predicted molar refractivity (Wildman–Crippen MR) is 152 cm³/mol. The molecule has 4 rings (SSSR count). The standard InChI is InChI=1S/C30H32N4O2S/c1-18-15-16-24(19(2)17-18)34-30-25(28(35)32-20(3)22-11-7-5-8-12-22)26(31)27(37-30)29(36)33-21(4)23-13-9-6-10-14-23/h5-17,20-21,27H,31H2,1-4H3,(H,32,35)(H,33,36). The molecule has 1 aliphatic rings. The van der Waals surface area contributed by atoms with Gasteiger partial charge in [0.25, 0.3) is 5.91 Å². The molecule has 0 saturated heterocycles. The molecule has 3 aromatic carbocycles. The van der Waals surface area contributed by atoms with E-state index in [0.717, 1.165) is 27.9 Å². The number of rotatable bonds is 7. The van der Waals surface area contributed by atoms with Crippen LogP contribution in [0.4, 0.5) is 5.69 Å². The normalized spacial score (nSPS) is 17.9. The lowest BCUT2D eigenvalue weighted by Gasteiger charge is -2.17. The van der Waals surface area contributed by atoms with Crippen molar-refractivity contribution in [1.29, 1.82) is 0 Å². The Kier molecular flexibility index (Phi) is 8.14. The zero-order chi connectivity index (χ0) is 26.5. The molecule has 0 spiro atoms. The van der Waals surface area contributed by atoms with Gasteiger partial charge in [0.1, 0.15) is 10.3 Å². The van der Waals surface area contributed by atoms with Crippen molar-refractivity contribution in [1.82, 2.24) is 10.6 Å². The zero-order valence-corrected chi connectivity index (χ0v) is 22.3. The number of nitrogens with zero attached hydrogens (tertiary/aromatic N) is 1. The molecule has 7 heteroatoms. The maximum absolute atomic E-state index is 13.5. The van der Waals surface area contributed by atoms with Crippen molar-refractivity contribution in [3.8, 4) is 0 Å². The fourth-order valence-corrected chi connectivity index (χ4v) is 5.36. The van der Waals surface area contributed by atoms with Gasteiger partial charge in [-0.3, -0.25) is 9.59 Å². The molecular weight excluding hydrogens is 480 g/mol. The number of benzene rings is 3. The molecule has 0 saturated carbocycles. The molecule has 37 heavy (non-hydrogen) atoms. The molecule has 6 nitrogen and oxygen atoms in total. The smallest absolute Gasteiger partial charge is 0.256 e. The molecule has 2 amide bonds. The van der Waals surface area contributed by atoms with E-state index in [1.807, 2.05) is 107 Å². The van der Waals surface area contributed by atoms with Crippen LogP contribution in [0, 0.1) is 13.8 Å². The van der Waals surface area contributed by atoms with Crippen LogP contribution in [0.15, 0.2) is 95.1 Å². The fourth-order valence-electron chi connectivity index (χ4n) is 4.24. The average Bonchev–Trinajstić information content (AvgIpc) is 3.22. The fraction of sp³-hybridized carbons (Fsp3) is 0.233. The van der Waals surface area contributed by atoms with Gasteiger partial charge in [0.15, 0.2) is 0 Å². The molecule has 4 N–H and O–H groups in total. The predicted octanol–water partition coefficient (Wildman–Crippen LogP) is 5.42. The Hall–Kier alpha value is -3.84. The van der Waals surface area contributed by atoms with Crippen LogP contribution in [0.2, 0.25) is 0 Å². The van der Waals surface area contributed by atoms with Gasteiger partial charge in [0.05, 0.1) is 23.3 Å². The Balaban J connectivity index is 1.64. The van der Waals surface area contributed by atoms with Crippen LogP contribution < -0.4 is 16.4 Å². The van der Waals surface area contributed by atoms with Crippen molar-refractivity contribution < 1.29 is 9.59 Å². The summed E-state index contributed by atoms with van der Waals surface area (Å²) in [7, 11) is 0. The van der Waals surface area contributed by atoms with E-state index < -0.39 is 5.25 Å². The number of thioether (sulfide) groups is 1. The van der Waals surface area contributed by atoms with Gasteiger partial charge in [-0.1, -0.05) is 90.1 Å². The van der Waals surface area contributed by atoms with Gasteiger partial charge in [0.2, 0.25) is 5.91 Å². The number of nitrogens with one attached hydrogen (secondary N) is 2. The minimum atomic E-state index is -0.761. The first-order chi connectivity index (χ1) is 17.7. The first-order valence-corrected chi connectivity index (χ1v) is 13.2. The minimum absolute atomic E-state index is 0.210. The van der Waals surface area contributed by atoms with Crippen LogP contribution in [-0.2, 0) is 9.59 Å². The van der Waals surface area contributed by atoms with Gasteiger partial charge < -0.3 is 16.4 Å². The Morgan fingerprint density at radius 2 is 1.43 bits per heavy atom. The largest absolute Gasteiger partial charge is 0.400 e. The summed E-state index contributed by atoms with van der Waals surface area (Å²) in [5.41, 5.74) is 11.8. The Labute approximate surface area is 222 Å². The van der Waals surface area contributed by atoms with Crippen molar-refractivity contribution in [3.05, 3.63) is 112 Å². The van der Waals surface area contributed by atoms with E-state index >= 15 is 0 Å². The van der Waals surface area contributed by atoms with Crippen LogP contribution in [0.25, 0.3) is 0 Å². The number of carbonyl (C=O) groups excluding carboxylic acids is 2. The molecule has 190 valence electrons. The summed E-state index contributed by atoms with van der Waals surface area (Å²) in [5, 5.41) is 5.75. The van der Waals surface area contributed by atoms with Crippen LogP contribution in [0.1, 0.15) is 48.2 Å². The molecule has 3 unspecified atom stereocenters. The van der Waals surface area contributed by atoms with Crippen LogP contribution in [-0.4, -0.2) is 22.1 Å². The van der Waals surface area contributed by atoms with Crippen molar-refractivity contribution >= 4 is 34.3 Å². The number of aryl methyl sites for hydroxylation is 2. The lowest BCUT2D eigenvalue weighted by Crippen LogP contribution is -2.37. The molecular formula is C30H32N4O2S. The van der Waals surface area contributed by atoms with Gasteiger partial charge >= 0.3 is 0 Å². The molecule has 0 aliphatic carbocycles. The van der Waals surface area contributed by atoms with E-state index in [2.05, 4.69) is 10.6 Å². The highest BCUT2D eigenvalue weighted by Gasteiger charge is 2.39. The number of hydrogen-bond acceptors (Lipinski definition) is 5. The van der Waals surface area contributed by atoms with E-state index in [1.54, 1.807) is 0 Å². The average molecular weight is 513 g/mol. The van der Waals surface area contributed by atoms with Gasteiger partial charge in [-0.2, -0.15) is 0 Å². The first-order valence-electron chi connectivity index (χ1n) is 12.3. The lowest BCUT2D eigenvalue weighted by atomic mass is 10.1. The van der Waals surface area contributed by atoms with Crippen molar-refractivity contribution in [3.63, 3.8) is 0 Å². The Morgan fingerprint density at radius 1 is 0.865 bits per heavy atom. The number of aliphatic imine (C=N–C) groups is 1. The second-order valence-electron chi connectivity index (χ2n) is 9.28. The van der Waals surface area contributed by atoms with Gasteiger partial charge in [-0.05, 0) is 50.5 Å². The monoisotopic (exact) mass is 512 g/mol. The van der Waals surface area contributed by atoms with Crippen LogP contribution in [0.5, 0.6) is 0 Å². The summed E-state index contributed by atoms with van der Waals surface area (Å²) in [6.45, 7) is 7.83. The first kappa shape index (κ1) is 26.2. The lowest BCUT2D eigenvalue weighted by molar-refractivity contribution is -0.120. The Morgan fingerprint density at radius 3 is 2.00 bits per heavy atom. The minimum Gasteiger partial charge on any atom is -0.400 e. The Bertz CT molecular complexity index is 1350. The van der Waals surface area contributed by atoms with E-state index in [1.165, 1.54) is 11.8 Å². The number of amides is 2. The molecule has 0 radical (unpaired) electrons. The molecule has 1 aliphatic heterocycles. The van der Waals surface area contributed by atoms with Crippen LogP contribution in [0.3, 0.4) is 0 Å². The second kappa shape index (κ2) is 11.5. The van der Waals surface area contributed by atoms with E-state index in [-0.39, 0.29) is 35.2 Å². The topological polar surface area (TPSA) is 96.6 Å². The summed E-state index contributed by atoms with van der Waals surface area (Å²) < 4.78 is 0. The van der Waals surface area contributed by atoms with Crippen molar-refractivity contribution in [2.45, 2.75) is 45.0 Å². The van der Waals surface area contributed by atoms with Crippen molar-refractivity contribution in [2.24, 2.45) is 10.7 Å². The molecule has 3 aromatic rings. The van der Waals surface area contributed by atoms with Gasteiger partial charge in [-0.15, -0.1) is 0 Å². The molecule has 1 heterocycles. The van der Waals surface area contributed by atoms with Gasteiger partial charge in [0, 0.05) is 5.70 Å². The third-order valence-corrected chi connectivity index (χ3v) is 7.58. The molecule has 0 bridgehead atoms.